The number of nitrogens with zero attached hydrogens (tertiary/aromatic N) is 5. The Labute approximate surface area is 305 Å². The van der Waals surface area contributed by atoms with Gasteiger partial charge in [-0.2, -0.15) is 0 Å². The summed E-state index contributed by atoms with van der Waals surface area (Å²) in [5, 5.41) is 3.11. The van der Waals surface area contributed by atoms with Crippen LogP contribution < -0.4 is 16.7 Å². The SMILES string of the molecule is CN(C)C1CCN(C2CCN(C(=O)[C@@H](Cc3cc(Br)c(N)c(Br)c3)NC(=O)N3CCC(n4cc(-c5ccccc5)[nH]c4=O)CC3)CC2)CC1. The highest BCUT2D eigenvalue weighted by molar-refractivity contribution is 9.11. The first kappa shape index (κ1) is 35.7. The molecule has 0 unspecified atom stereocenters. The number of hydrogen-bond acceptors (Lipinski definition) is 6. The Balaban J connectivity index is 1.09. The molecule has 0 spiro atoms. The fourth-order valence-electron chi connectivity index (χ4n) is 7.66. The number of rotatable bonds is 8. The number of urea groups is 1. The third-order valence-corrected chi connectivity index (χ3v) is 12.0. The summed E-state index contributed by atoms with van der Waals surface area (Å²) in [6.07, 6.45) is 7.76. The van der Waals surface area contributed by atoms with Crippen LogP contribution in [0.1, 0.15) is 50.1 Å². The van der Waals surface area contributed by atoms with Gasteiger partial charge >= 0.3 is 11.7 Å². The lowest BCUT2D eigenvalue weighted by Crippen LogP contribution is -2.57. The number of carbonyl (C=O) groups is 2. The van der Waals surface area contributed by atoms with E-state index < -0.39 is 6.04 Å². The normalized spacial score (nSPS) is 19.4. The molecule has 6 rings (SSSR count). The molecule has 11 nitrogen and oxygen atoms in total. The van der Waals surface area contributed by atoms with Crippen LogP contribution >= 0.6 is 31.9 Å². The van der Waals surface area contributed by atoms with E-state index in [1.165, 1.54) is 12.8 Å². The third-order valence-electron chi connectivity index (χ3n) is 10.7. The number of benzene rings is 2. The summed E-state index contributed by atoms with van der Waals surface area (Å²) < 4.78 is 3.24. The number of anilines is 1. The van der Waals surface area contributed by atoms with E-state index in [4.69, 9.17) is 5.73 Å². The molecule has 13 heteroatoms. The van der Waals surface area contributed by atoms with E-state index in [1.54, 1.807) is 9.47 Å². The van der Waals surface area contributed by atoms with E-state index in [0.717, 1.165) is 51.7 Å². The Morgan fingerprint density at radius 1 is 0.898 bits per heavy atom. The molecule has 3 fully saturated rings. The largest absolute Gasteiger partial charge is 0.397 e. The lowest BCUT2D eigenvalue weighted by atomic mass is 9.96. The lowest BCUT2D eigenvalue weighted by molar-refractivity contribution is -0.135. The number of aromatic amines is 1. The topological polar surface area (TPSA) is 123 Å². The highest BCUT2D eigenvalue weighted by Gasteiger charge is 2.34. The Morgan fingerprint density at radius 3 is 2.10 bits per heavy atom. The number of nitrogens with one attached hydrogen (secondary N) is 2. The number of nitrogen functional groups attached to an aromatic ring is 1. The number of carbonyl (C=O) groups excluding carboxylic acids is 2. The van der Waals surface area contributed by atoms with Crippen molar-refractivity contribution in [2.24, 2.45) is 0 Å². The molecule has 2 aromatic carbocycles. The molecule has 0 radical (unpaired) electrons. The molecule has 0 aliphatic carbocycles. The van der Waals surface area contributed by atoms with Gasteiger partial charge in [-0.15, -0.1) is 0 Å². The van der Waals surface area contributed by atoms with Gasteiger partial charge in [0.25, 0.3) is 0 Å². The van der Waals surface area contributed by atoms with Crippen LogP contribution in [0.2, 0.25) is 0 Å². The molecule has 0 bridgehead atoms. The Bertz CT molecular complexity index is 1630. The second kappa shape index (κ2) is 15.8. The number of aromatic nitrogens is 2. The zero-order valence-corrected chi connectivity index (χ0v) is 31.6. The van der Waals surface area contributed by atoms with Crippen molar-refractivity contribution < 1.29 is 9.59 Å². The van der Waals surface area contributed by atoms with Gasteiger partial charge in [0.1, 0.15) is 6.04 Å². The number of piperidine rings is 3. The highest BCUT2D eigenvalue weighted by Crippen LogP contribution is 2.31. The van der Waals surface area contributed by atoms with Crippen LogP contribution in [-0.4, -0.2) is 113 Å². The summed E-state index contributed by atoms with van der Waals surface area (Å²) in [6, 6.07) is 13.8. The van der Waals surface area contributed by atoms with Crippen molar-refractivity contribution in [1.82, 2.24) is 34.5 Å². The van der Waals surface area contributed by atoms with Gasteiger partial charge in [-0.1, -0.05) is 30.3 Å². The summed E-state index contributed by atoms with van der Waals surface area (Å²) in [7, 11) is 4.33. The average molecular weight is 801 g/mol. The van der Waals surface area contributed by atoms with Crippen molar-refractivity contribution in [3.63, 3.8) is 0 Å². The number of H-pyrrole nitrogens is 1. The van der Waals surface area contributed by atoms with E-state index in [0.29, 0.717) is 63.2 Å². The van der Waals surface area contributed by atoms with Crippen LogP contribution in [0, 0.1) is 0 Å². The number of likely N-dealkylation sites (tertiary alicyclic amines) is 3. The zero-order valence-electron chi connectivity index (χ0n) is 28.4. The average Bonchev–Trinajstić information content (AvgIpc) is 3.51. The van der Waals surface area contributed by atoms with E-state index in [9.17, 15) is 14.4 Å². The Hall–Kier alpha value is -3.13. The summed E-state index contributed by atoms with van der Waals surface area (Å²) in [5.74, 6) is -0.0515. The molecule has 1 aromatic heterocycles. The smallest absolute Gasteiger partial charge is 0.326 e. The second-order valence-electron chi connectivity index (χ2n) is 13.9. The zero-order chi connectivity index (χ0) is 34.7. The molecule has 3 aliphatic heterocycles. The van der Waals surface area contributed by atoms with Crippen LogP contribution in [0.3, 0.4) is 0 Å². The number of halogens is 2. The van der Waals surface area contributed by atoms with Crippen molar-refractivity contribution in [2.45, 2.75) is 69.1 Å². The Morgan fingerprint density at radius 2 is 1.49 bits per heavy atom. The van der Waals surface area contributed by atoms with Crippen LogP contribution in [-0.2, 0) is 11.2 Å². The molecule has 3 amide bonds. The van der Waals surface area contributed by atoms with Crippen LogP contribution in [0.4, 0.5) is 10.5 Å². The van der Waals surface area contributed by atoms with E-state index in [2.05, 4.69) is 66.1 Å². The maximum absolute atomic E-state index is 14.1. The molecule has 0 saturated carbocycles. The summed E-state index contributed by atoms with van der Waals surface area (Å²) in [5.41, 5.74) is 9.23. The Kier molecular flexibility index (Phi) is 11.5. The van der Waals surface area contributed by atoms with Gasteiger partial charge < -0.3 is 35.6 Å². The molecule has 1 atom stereocenters. The predicted molar refractivity (Wildman–Crippen MR) is 200 cm³/mol. The van der Waals surface area contributed by atoms with Gasteiger partial charge in [0.15, 0.2) is 0 Å². The van der Waals surface area contributed by atoms with Gasteiger partial charge in [0, 0.05) is 65.9 Å². The van der Waals surface area contributed by atoms with Gasteiger partial charge in [0.05, 0.1) is 11.4 Å². The number of hydrogen-bond donors (Lipinski definition) is 3. The summed E-state index contributed by atoms with van der Waals surface area (Å²) >= 11 is 7.07. The van der Waals surface area contributed by atoms with Gasteiger partial charge in [-0.05, 0) is 121 Å². The number of amides is 3. The van der Waals surface area contributed by atoms with Crippen LogP contribution in [0.15, 0.2) is 62.4 Å². The molecular weight excluding hydrogens is 752 g/mol. The minimum absolute atomic E-state index is 0.0119. The first-order valence-electron chi connectivity index (χ1n) is 17.4. The van der Waals surface area contributed by atoms with Crippen molar-refractivity contribution in [2.75, 3.05) is 59.1 Å². The monoisotopic (exact) mass is 798 g/mol. The minimum Gasteiger partial charge on any atom is -0.397 e. The summed E-state index contributed by atoms with van der Waals surface area (Å²) in [4.78, 5) is 52.3. The minimum atomic E-state index is -0.722. The van der Waals surface area contributed by atoms with Crippen LogP contribution in [0.25, 0.3) is 11.3 Å². The maximum atomic E-state index is 14.1. The number of nitrogens with two attached hydrogens (primary N) is 1. The number of imidazole rings is 1. The fraction of sp³-hybridized carbons (Fsp3) is 0.528. The van der Waals surface area contributed by atoms with Crippen molar-refractivity contribution in [3.05, 3.63) is 73.7 Å². The van der Waals surface area contributed by atoms with Crippen LogP contribution in [0.5, 0.6) is 0 Å². The van der Waals surface area contributed by atoms with E-state index in [1.807, 2.05) is 53.6 Å². The van der Waals surface area contributed by atoms with Crippen molar-refractivity contribution in [3.8, 4) is 11.3 Å². The molecule has 4 heterocycles. The highest BCUT2D eigenvalue weighted by atomic mass is 79.9. The third kappa shape index (κ3) is 8.44. The lowest BCUT2D eigenvalue weighted by Gasteiger charge is -2.43. The quantitative estimate of drug-likeness (QED) is 0.278. The van der Waals surface area contributed by atoms with Gasteiger partial charge in [-0.3, -0.25) is 9.36 Å². The molecular formula is C36H48Br2N8O3. The van der Waals surface area contributed by atoms with Crippen molar-refractivity contribution >= 4 is 49.5 Å². The van der Waals surface area contributed by atoms with E-state index >= 15 is 0 Å². The molecule has 3 saturated heterocycles. The second-order valence-corrected chi connectivity index (χ2v) is 15.6. The van der Waals surface area contributed by atoms with E-state index in [-0.39, 0.29) is 23.7 Å². The first-order valence-corrected chi connectivity index (χ1v) is 19.0. The first-order chi connectivity index (χ1) is 23.6. The van der Waals surface area contributed by atoms with Gasteiger partial charge in [0.2, 0.25) is 5.91 Å². The maximum Gasteiger partial charge on any atom is 0.326 e. The summed E-state index contributed by atoms with van der Waals surface area (Å²) in [6.45, 7) is 4.55. The molecule has 3 aromatic rings. The molecule has 264 valence electrons. The van der Waals surface area contributed by atoms with Gasteiger partial charge in [-0.25, -0.2) is 9.59 Å². The standard InChI is InChI=1S/C36H48Br2N8O3/c1-42(2)26-8-14-43(15-9-26)27-10-16-44(17-11-27)34(47)31(22-24-20-29(37)33(39)30(38)21-24)40-35(48)45-18-12-28(13-19-45)46-23-32(41-36(46)49)25-6-4-3-5-7-25/h3-7,20-21,23,26-28,31H,8-19,22,39H2,1-2H3,(H,40,48)(H,41,49)/t31-/m1/s1. The predicted octanol–water partition coefficient (Wildman–Crippen LogP) is 4.93. The van der Waals surface area contributed by atoms with Crippen molar-refractivity contribution in [1.29, 1.82) is 0 Å². The molecule has 49 heavy (non-hydrogen) atoms. The molecule has 4 N–H and O–H groups in total. The fourth-order valence-corrected chi connectivity index (χ4v) is 8.94. The molecule has 3 aliphatic rings.